The summed E-state index contributed by atoms with van der Waals surface area (Å²) in [7, 11) is 6.72. The van der Waals surface area contributed by atoms with Gasteiger partial charge in [-0.05, 0) is 280 Å². The zero-order valence-electron chi connectivity index (χ0n) is 75.1. The summed E-state index contributed by atoms with van der Waals surface area (Å²) in [5.41, 5.74) is 26.9. The number of allylic oxidation sites excluding steroid dienone is 4. The summed E-state index contributed by atoms with van der Waals surface area (Å²) < 4.78 is 7.11. The number of rotatable bonds is 33. The Morgan fingerprint density at radius 1 is 0.344 bits per heavy atom. The molecule has 0 bridgehead atoms. The lowest BCUT2D eigenvalue weighted by Crippen LogP contribution is -2.56. The Labute approximate surface area is 758 Å². The molecular formula is C114H129N4O10+. The second-order valence-electron chi connectivity index (χ2n) is 35.3. The maximum absolute atomic E-state index is 9.85. The molecule has 4 aliphatic rings. The quantitative estimate of drug-likeness (QED) is 0.0139. The van der Waals surface area contributed by atoms with Gasteiger partial charge in [0.2, 0.25) is 0 Å². The fraction of sp³-hybridized carbons (Fsp3) is 0.298. The fourth-order valence-corrected chi connectivity index (χ4v) is 18.4. The lowest BCUT2D eigenvalue weighted by atomic mass is 9.85. The summed E-state index contributed by atoms with van der Waals surface area (Å²) >= 11 is 0. The van der Waals surface area contributed by atoms with Crippen LogP contribution in [0.2, 0.25) is 0 Å². The summed E-state index contributed by atoms with van der Waals surface area (Å²) in [4.78, 5) is 7.14. The van der Waals surface area contributed by atoms with Crippen molar-refractivity contribution in [3.63, 3.8) is 0 Å². The molecule has 0 aromatic heterocycles. The zero-order chi connectivity index (χ0) is 89.7. The van der Waals surface area contributed by atoms with Gasteiger partial charge < -0.3 is 60.1 Å². The Hall–Kier alpha value is -11.8. The first-order valence-electron chi connectivity index (χ1n) is 45.8. The number of ether oxygens (including phenoxy) is 1. The van der Waals surface area contributed by atoms with Gasteiger partial charge in [-0.3, -0.25) is 9.80 Å². The average Bonchev–Trinajstić information content (AvgIpc) is 0.838. The number of aliphatic hydroxyl groups excluding tert-OH is 5. The molecule has 4 heterocycles. The molecule has 0 aliphatic carbocycles. The molecule has 14 nitrogen and oxygen atoms in total. The molecule has 4 aliphatic heterocycles. The number of benzene rings is 12. The molecule has 4 fully saturated rings. The van der Waals surface area contributed by atoms with E-state index in [1.807, 2.05) is 97.1 Å². The van der Waals surface area contributed by atoms with E-state index >= 15 is 0 Å². The molecule has 0 amide bonds. The van der Waals surface area contributed by atoms with Gasteiger partial charge in [0.15, 0.2) is 0 Å². The second-order valence-corrected chi connectivity index (χ2v) is 35.3. The molecule has 14 heteroatoms. The van der Waals surface area contributed by atoms with Crippen LogP contribution in [0.25, 0.3) is 44.6 Å². The minimum Gasteiger partial charge on any atom is -0.508 e. The van der Waals surface area contributed by atoms with Crippen molar-refractivity contribution in [2.45, 2.75) is 108 Å². The van der Waals surface area contributed by atoms with Gasteiger partial charge in [0.25, 0.3) is 0 Å². The normalized spacial score (nSPS) is 16.1. The largest absolute Gasteiger partial charge is 0.508 e. The van der Waals surface area contributed by atoms with E-state index in [-0.39, 0.29) is 62.1 Å². The molecular weight excluding hydrogens is 1590 g/mol. The van der Waals surface area contributed by atoms with E-state index in [0.717, 1.165) is 160 Å². The summed E-state index contributed by atoms with van der Waals surface area (Å²) in [5.74, 6) is 3.70. The maximum Gasteiger partial charge on any atom is 0.119 e. The van der Waals surface area contributed by atoms with Gasteiger partial charge in [-0.1, -0.05) is 255 Å². The number of aromatic hydroxyl groups is 4. The summed E-state index contributed by atoms with van der Waals surface area (Å²) in [6, 6.07) is 107. The minimum atomic E-state index is 0.125. The van der Waals surface area contributed by atoms with Crippen LogP contribution in [-0.4, -0.2) is 190 Å². The number of phenolic OH excluding ortho intramolecular Hbond substituents is 4. The molecule has 16 rings (SSSR count). The number of likely N-dealkylation sites (N-methyl/N-ethyl adjacent to an activating group) is 2. The van der Waals surface area contributed by atoms with Gasteiger partial charge in [-0.25, -0.2) is 0 Å². The number of aliphatic hydroxyl groups is 5. The topological polar surface area (TPSA) is 201 Å². The number of likely N-dealkylation sites (tertiary alicyclic amines) is 4. The van der Waals surface area contributed by atoms with Crippen LogP contribution < -0.4 is 4.74 Å². The number of phenols is 4. The highest BCUT2D eigenvalue weighted by atomic mass is 16.5. The van der Waals surface area contributed by atoms with Crippen LogP contribution in [-0.2, 0) is 0 Å². The van der Waals surface area contributed by atoms with Crippen LogP contribution in [0.3, 0.4) is 0 Å². The first-order chi connectivity index (χ1) is 62.4. The standard InChI is InChI=1S/C30H35NO4.C29H33NO2.C28H31NO2.C27H29NO2/c32-20-5-9-29(23-6-2-1-3-7-23)30(24-10-14-27(34)15-11-24)25-12-16-28(17-13-25)35-21-19-31-18-4-8-26(31)22-33;1-21(2)30-19-26(20-30)22-10-12-24(13-11-22)29(25-14-16-27(32)17-15-25)28(9-6-18-31)23-7-4-3-5-8-23;1-29(2)19-25(20-29)21-10-12-23(13-11-21)28(24-14-16-26(31)17-15-24)27(9-6-18-30)22-7-4-3-5-8-22;1-28-18-24(19-28)20-9-11-22(12-10-20)27(23-13-15-25(30)16-14-23)26(8-5-17-29)21-6-3-2-4-7-21/h1-3,6-7,10-17,26,32-34H,4-5,8-9,18-22H2;3-5,7-8,10-17,21,26,31-32H,6,9,18-20H2,1-2H3;3-5,7-8,10-17,25,30H,6,9,18-20H2,1-2H3;2-4,6-7,9-16,24,29-30H,5,8,17-19H2,1H3/p+1/b30-29-;29-28+;28-27+;27-26+/t26-;;;/m1.../s1. The van der Waals surface area contributed by atoms with Gasteiger partial charge in [0.1, 0.15) is 35.4 Å². The Kier molecular flexibility index (Phi) is 34.3. The first-order valence-corrected chi connectivity index (χ1v) is 45.8. The van der Waals surface area contributed by atoms with E-state index in [0.29, 0.717) is 56.1 Å². The molecule has 4 saturated heterocycles. The third-order valence-corrected chi connectivity index (χ3v) is 25.3. The Morgan fingerprint density at radius 3 is 0.883 bits per heavy atom. The van der Waals surface area contributed by atoms with Crippen LogP contribution in [0.5, 0.6) is 28.7 Å². The van der Waals surface area contributed by atoms with E-state index in [1.165, 1.54) is 68.8 Å². The van der Waals surface area contributed by atoms with Gasteiger partial charge in [0.05, 0.1) is 39.7 Å². The highest BCUT2D eigenvalue weighted by Gasteiger charge is 2.38. The highest BCUT2D eigenvalue weighted by molar-refractivity contribution is 6.02. The van der Waals surface area contributed by atoms with Crippen LogP contribution in [0.4, 0.5) is 0 Å². The van der Waals surface area contributed by atoms with Crippen LogP contribution in [0, 0.1) is 0 Å². The molecule has 0 radical (unpaired) electrons. The number of nitrogens with zero attached hydrogens (tertiary/aromatic N) is 4. The Bertz CT molecular complexity index is 5510. The predicted octanol–water partition coefficient (Wildman–Crippen LogP) is 21.3. The summed E-state index contributed by atoms with van der Waals surface area (Å²) in [6.45, 7) is 14.6. The van der Waals surface area contributed by atoms with E-state index in [4.69, 9.17) is 4.74 Å². The number of hydrogen-bond acceptors (Lipinski definition) is 13. The van der Waals surface area contributed by atoms with Crippen LogP contribution in [0.1, 0.15) is 179 Å². The molecule has 664 valence electrons. The van der Waals surface area contributed by atoms with Crippen molar-refractivity contribution in [1.29, 1.82) is 0 Å². The van der Waals surface area contributed by atoms with Crippen molar-refractivity contribution in [3.05, 3.63) is 399 Å². The number of hydrogen-bond donors (Lipinski definition) is 9. The molecule has 0 spiro atoms. The van der Waals surface area contributed by atoms with Crippen molar-refractivity contribution in [2.24, 2.45) is 0 Å². The van der Waals surface area contributed by atoms with Crippen molar-refractivity contribution in [2.75, 3.05) is 113 Å². The van der Waals surface area contributed by atoms with Crippen molar-refractivity contribution >= 4 is 44.6 Å². The molecule has 128 heavy (non-hydrogen) atoms. The predicted molar refractivity (Wildman–Crippen MR) is 524 cm³/mol. The van der Waals surface area contributed by atoms with Crippen molar-refractivity contribution in [3.8, 4) is 28.7 Å². The Morgan fingerprint density at radius 2 is 0.617 bits per heavy atom. The van der Waals surface area contributed by atoms with Gasteiger partial charge in [-0.15, -0.1) is 0 Å². The third kappa shape index (κ3) is 25.4. The average molecular weight is 1720 g/mol. The van der Waals surface area contributed by atoms with Crippen LogP contribution in [0.15, 0.2) is 315 Å². The smallest absolute Gasteiger partial charge is 0.119 e. The van der Waals surface area contributed by atoms with Crippen molar-refractivity contribution < 1.29 is 55.2 Å². The number of quaternary nitrogens is 1. The van der Waals surface area contributed by atoms with E-state index < -0.39 is 0 Å². The van der Waals surface area contributed by atoms with Crippen molar-refractivity contribution in [1.82, 2.24) is 14.7 Å². The molecule has 0 unspecified atom stereocenters. The first kappa shape index (κ1) is 93.9. The summed E-state index contributed by atoms with van der Waals surface area (Å²) in [5, 5.41) is 87.0. The van der Waals surface area contributed by atoms with Gasteiger partial charge in [-0.2, -0.15) is 0 Å². The van der Waals surface area contributed by atoms with E-state index in [2.05, 4.69) is 220 Å². The monoisotopic (exact) mass is 1710 g/mol. The second kappa shape index (κ2) is 46.8. The highest BCUT2D eigenvalue weighted by Crippen LogP contribution is 2.43. The Balaban J connectivity index is 0.000000146. The lowest BCUT2D eigenvalue weighted by molar-refractivity contribution is -0.932. The summed E-state index contributed by atoms with van der Waals surface area (Å²) in [6.07, 6.45) is 8.05. The maximum atomic E-state index is 9.85. The molecule has 1 atom stereocenters. The van der Waals surface area contributed by atoms with E-state index in [9.17, 15) is 46.0 Å². The zero-order valence-corrected chi connectivity index (χ0v) is 75.1. The lowest BCUT2D eigenvalue weighted by Gasteiger charge is -2.44. The minimum absolute atomic E-state index is 0.125. The molecule has 9 N–H and O–H groups in total. The van der Waals surface area contributed by atoms with Gasteiger partial charge in [0, 0.05) is 83.1 Å². The fourth-order valence-electron chi connectivity index (χ4n) is 18.4. The third-order valence-electron chi connectivity index (χ3n) is 25.3. The van der Waals surface area contributed by atoms with Gasteiger partial charge >= 0.3 is 0 Å². The molecule has 12 aromatic rings. The molecule has 0 saturated carbocycles. The van der Waals surface area contributed by atoms with Crippen LogP contribution >= 0.6 is 0 Å². The SMILES string of the molecule is CC(C)N1CC(c2ccc(/C(=C(/CCCO)c3ccccc3)c3ccc(O)cc3)cc2)C1.CN1CC(c2ccc(/C(=C(/CCCO)c3ccccc3)c3ccc(O)cc3)cc2)C1.C[N+]1(C)CC(c2ccc(/C(=C(/CCCO)c3ccccc3)c3ccc(O)cc3)cc2)C1.OCCC/C(=C(\c1ccc(O)cc1)c1ccc(OCCN2CCC[C@@H]2CO)cc1)c1ccccc1. The van der Waals surface area contributed by atoms with E-state index in [1.54, 1.807) is 48.5 Å². The molecule has 12 aromatic carbocycles.